The summed E-state index contributed by atoms with van der Waals surface area (Å²) in [6, 6.07) is 20.0. The standard InChI is InChI=1S/C38H46FN5O5/c1-38(2,34-21-28-22-40-14-12-33(28)49-34)44-17-16-43(31(24-44)37(48)41-15-13-39)23-29(45)19-27(18-25-8-4-3-5-9-25)36(47)42-35-30-11-7-6-10-26(30)20-32(35)46/h3-12,14,21-22,27,29,31-32,35,45-46H,13,15-20,23-24H2,1-2H3,(H,41,48)(H,42,47)/t27-,29+,31+,32-,35+/m1/s1. The number of benzene rings is 2. The number of piperazine rings is 1. The summed E-state index contributed by atoms with van der Waals surface area (Å²) >= 11 is 0. The molecule has 0 spiro atoms. The Bertz CT molecular complexity index is 1700. The molecule has 0 bridgehead atoms. The first-order chi connectivity index (χ1) is 23.6. The second-order valence-electron chi connectivity index (χ2n) is 13.8. The highest BCUT2D eigenvalue weighted by Gasteiger charge is 2.41. The fourth-order valence-corrected chi connectivity index (χ4v) is 7.30. The van der Waals surface area contributed by atoms with Gasteiger partial charge in [0.05, 0.1) is 23.8 Å². The molecule has 49 heavy (non-hydrogen) atoms. The molecule has 1 aliphatic heterocycles. The highest BCUT2D eigenvalue weighted by atomic mass is 19.1. The predicted octanol–water partition coefficient (Wildman–Crippen LogP) is 3.52. The summed E-state index contributed by atoms with van der Waals surface area (Å²) < 4.78 is 19.3. The van der Waals surface area contributed by atoms with Crippen molar-refractivity contribution in [1.82, 2.24) is 25.4 Å². The number of hydrogen-bond acceptors (Lipinski definition) is 8. The number of aliphatic hydroxyl groups excluding tert-OH is 2. The van der Waals surface area contributed by atoms with Crippen molar-refractivity contribution in [3.05, 3.63) is 102 Å². The Labute approximate surface area is 286 Å². The van der Waals surface area contributed by atoms with E-state index in [2.05, 4.69) is 20.5 Å². The fourth-order valence-electron chi connectivity index (χ4n) is 7.30. The third kappa shape index (κ3) is 7.86. The second-order valence-corrected chi connectivity index (χ2v) is 13.8. The van der Waals surface area contributed by atoms with Crippen LogP contribution in [0.5, 0.6) is 0 Å². The average molecular weight is 672 g/mol. The zero-order valence-corrected chi connectivity index (χ0v) is 28.1. The van der Waals surface area contributed by atoms with Crippen LogP contribution in [0.4, 0.5) is 4.39 Å². The summed E-state index contributed by atoms with van der Waals surface area (Å²) in [5, 5.41) is 29.0. The Morgan fingerprint density at radius 1 is 1.10 bits per heavy atom. The monoisotopic (exact) mass is 671 g/mol. The molecule has 0 saturated carbocycles. The zero-order valence-electron chi connectivity index (χ0n) is 28.1. The first-order valence-corrected chi connectivity index (χ1v) is 17.1. The quantitative estimate of drug-likeness (QED) is 0.170. The highest BCUT2D eigenvalue weighted by Crippen LogP contribution is 2.35. The molecule has 2 aromatic carbocycles. The van der Waals surface area contributed by atoms with Crippen LogP contribution in [-0.4, -0.2) is 94.5 Å². The lowest BCUT2D eigenvalue weighted by Gasteiger charge is -2.47. The Kier molecular flexibility index (Phi) is 10.7. The molecule has 3 heterocycles. The summed E-state index contributed by atoms with van der Waals surface area (Å²) in [6.45, 7) is 4.87. The van der Waals surface area contributed by atoms with Crippen LogP contribution in [0.2, 0.25) is 0 Å². The van der Waals surface area contributed by atoms with Gasteiger partial charge in [0.1, 0.15) is 24.1 Å². The minimum Gasteiger partial charge on any atom is -0.459 e. The number of β-amino-alcohol motifs (C(OH)–C–C–N with tert-alkyl or cyclic N) is 1. The molecular formula is C38H46FN5O5. The normalized spacial score (nSPS) is 21.3. The summed E-state index contributed by atoms with van der Waals surface area (Å²) in [4.78, 5) is 35.6. The number of furan rings is 1. The Balaban J connectivity index is 1.17. The van der Waals surface area contributed by atoms with Gasteiger partial charge in [0.15, 0.2) is 0 Å². The third-order valence-corrected chi connectivity index (χ3v) is 10.1. The van der Waals surface area contributed by atoms with Crippen molar-refractivity contribution < 1.29 is 28.6 Å². The van der Waals surface area contributed by atoms with Gasteiger partial charge in [-0.3, -0.25) is 24.4 Å². The van der Waals surface area contributed by atoms with Crippen LogP contribution < -0.4 is 10.6 Å². The minimum atomic E-state index is -0.931. The number of aliphatic hydroxyl groups is 2. The van der Waals surface area contributed by atoms with E-state index in [1.54, 1.807) is 12.4 Å². The minimum absolute atomic E-state index is 0.0961. The number of fused-ring (bicyclic) bond motifs is 2. The molecule has 6 rings (SSSR count). The molecule has 1 saturated heterocycles. The molecule has 1 aliphatic carbocycles. The Hall–Kier alpha value is -4.16. The van der Waals surface area contributed by atoms with Gasteiger partial charge < -0.3 is 25.3 Å². The van der Waals surface area contributed by atoms with Crippen LogP contribution >= 0.6 is 0 Å². The number of nitrogens with one attached hydrogen (secondary N) is 2. The molecule has 11 heteroatoms. The largest absolute Gasteiger partial charge is 0.459 e. The predicted molar refractivity (Wildman–Crippen MR) is 184 cm³/mol. The van der Waals surface area contributed by atoms with Crippen LogP contribution in [-0.2, 0) is 28.0 Å². The zero-order chi connectivity index (χ0) is 34.5. The molecule has 2 aromatic heterocycles. The van der Waals surface area contributed by atoms with E-state index in [9.17, 15) is 24.2 Å². The van der Waals surface area contributed by atoms with Crippen molar-refractivity contribution in [2.24, 2.45) is 5.92 Å². The van der Waals surface area contributed by atoms with Crippen LogP contribution in [0.25, 0.3) is 11.0 Å². The summed E-state index contributed by atoms with van der Waals surface area (Å²) in [5.74, 6) is -0.393. The molecule has 1 fully saturated rings. The van der Waals surface area contributed by atoms with E-state index in [1.807, 2.05) is 85.5 Å². The smallest absolute Gasteiger partial charge is 0.238 e. The number of carbonyl (C=O) groups excluding carboxylic acids is 2. The molecule has 10 nitrogen and oxygen atoms in total. The number of amides is 2. The van der Waals surface area contributed by atoms with E-state index in [1.165, 1.54) is 0 Å². The van der Waals surface area contributed by atoms with Crippen molar-refractivity contribution in [2.75, 3.05) is 39.4 Å². The Morgan fingerprint density at radius 2 is 1.88 bits per heavy atom. The van der Waals surface area contributed by atoms with Gasteiger partial charge >= 0.3 is 0 Å². The molecule has 4 aromatic rings. The van der Waals surface area contributed by atoms with E-state index in [0.717, 1.165) is 33.4 Å². The number of carbonyl (C=O) groups is 2. The number of halogens is 1. The molecule has 4 N–H and O–H groups in total. The third-order valence-electron chi connectivity index (χ3n) is 10.1. The van der Waals surface area contributed by atoms with Crippen LogP contribution in [0.3, 0.4) is 0 Å². The molecule has 5 atom stereocenters. The lowest BCUT2D eigenvalue weighted by atomic mass is 9.91. The lowest BCUT2D eigenvalue weighted by Crippen LogP contribution is -2.63. The van der Waals surface area contributed by atoms with Crippen molar-refractivity contribution in [2.45, 2.75) is 62.9 Å². The van der Waals surface area contributed by atoms with Gasteiger partial charge in [-0.15, -0.1) is 0 Å². The van der Waals surface area contributed by atoms with E-state index < -0.39 is 42.4 Å². The number of alkyl halides is 1. The first-order valence-electron chi connectivity index (χ1n) is 17.1. The molecular weight excluding hydrogens is 625 g/mol. The summed E-state index contributed by atoms with van der Waals surface area (Å²) in [7, 11) is 0. The van der Waals surface area contributed by atoms with Gasteiger partial charge in [-0.2, -0.15) is 0 Å². The maximum Gasteiger partial charge on any atom is 0.238 e. The van der Waals surface area contributed by atoms with Gasteiger partial charge in [-0.1, -0.05) is 54.6 Å². The number of pyridine rings is 1. The van der Waals surface area contributed by atoms with E-state index >= 15 is 0 Å². The maximum absolute atomic E-state index is 13.9. The average Bonchev–Trinajstić information content (AvgIpc) is 3.68. The van der Waals surface area contributed by atoms with Crippen LogP contribution in [0, 0.1) is 5.92 Å². The first kappa shape index (κ1) is 34.7. The van der Waals surface area contributed by atoms with Crippen LogP contribution in [0.15, 0.2) is 83.5 Å². The highest BCUT2D eigenvalue weighted by molar-refractivity contribution is 5.82. The van der Waals surface area contributed by atoms with E-state index in [4.69, 9.17) is 4.42 Å². The number of aromatic nitrogens is 1. The number of nitrogens with zero attached hydrogens (tertiary/aromatic N) is 3. The summed E-state index contributed by atoms with van der Waals surface area (Å²) in [6.07, 6.45) is 2.80. The molecule has 2 aliphatic rings. The van der Waals surface area contributed by atoms with E-state index in [-0.39, 0.29) is 31.3 Å². The molecule has 2 amide bonds. The van der Waals surface area contributed by atoms with E-state index in [0.29, 0.717) is 32.5 Å². The van der Waals surface area contributed by atoms with Gasteiger partial charge in [-0.25, -0.2) is 4.39 Å². The Morgan fingerprint density at radius 3 is 2.65 bits per heavy atom. The van der Waals surface area contributed by atoms with Gasteiger partial charge in [0.25, 0.3) is 0 Å². The fraction of sp³-hybridized carbons (Fsp3) is 0.447. The molecule has 0 unspecified atom stereocenters. The second kappa shape index (κ2) is 15.2. The van der Waals surface area contributed by atoms with Crippen molar-refractivity contribution >= 4 is 22.8 Å². The van der Waals surface area contributed by atoms with Crippen molar-refractivity contribution in [3.63, 3.8) is 0 Å². The van der Waals surface area contributed by atoms with Crippen LogP contribution in [0.1, 0.15) is 48.8 Å². The molecule has 260 valence electrons. The van der Waals surface area contributed by atoms with Gasteiger partial charge in [0.2, 0.25) is 11.8 Å². The van der Waals surface area contributed by atoms with Crippen molar-refractivity contribution in [3.8, 4) is 0 Å². The molecule has 0 radical (unpaired) electrons. The number of hydrogen-bond donors (Lipinski definition) is 4. The van der Waals surface area contributed by atoms with Gasteiger partial charge in [-0.05, 0) is 55.5 Å². The lowest BCUT2D eigenvalue weighted by molar-refractivity contribution is -0.132. The topological polar surface area (TPSA) is 131 Å². The summed E-state index contributed by atoms with van der Waals surface area (Å²) in [5.41, 5.74) is 3.05. The maximum atomic E-state index is 13.9. The SMILES string of the molecule is CC(C)(c1cc2cnccc2o1)N1CCN(C[C@@H](O)C[C@@H](Cc2ccccc2)C(=O)N[C@H]2c3ccccc3C[C@H]2O)[C@H](C(=O)NCCF)C1. The van der Waals surface area contributed by atoms with Crippen molar-refractivity contribution in [1.29, 1.82) is 0 Å². The number of rotatable bonds is 13. The van der Waals surface area contributed by atoms with Gasteiger partial charge in [0, 0.05) is 62.8 Å².